The van der Waals surface area contributed by atoms with E-state index in [2.05, 4.69) is 64.1 Å². The van der Waals surface area contributed by atoms with Crippen molar-refractivity contribution >= 4 is 14.6 Å². The summed E-state index contributed by atoms with van der Waals surface area (Å²) in [6, 6.07) is 13.3. The average molecular weight is 590 g/mol. The Hall–Kier alpha value is -1.99. The van der Waals surface area contributed by atoms with Gasteiger partial charge in [-0.3, -0.25) is 0 Å². The van der Waals surface area contributed by atoms with Gasteiger partial charge in [-0.1, -0.05) is 91.2 Å². The lowest BCUT2D eigenvalue weighted by Crippen LogP contribution is -2.36. The van der Waals surface area contributed by atoms with Gasteiger partial charge in [0.25, 0.3) is 0 Å². The van der Waals surface area contributed by atoms with Crippen LogP contribution >= 0.6 is 0 Å². The SMILES string of the molecule is CCCC[C@@H](CC)CC1(C[C@@H](CC)CCCC)c2cc(OB3OCCCO3)ccc2-c2ccc(OB3OCCCO3)cc21. The van der Waals surface area contributed by atoms with Crippen LogP contribution in [0.25, 0.3) is 11.1 Å². The van der Waals surface area contributed by atoms with Crippen LogP contribution in [0.2, 0.25) is 0 Å². The first kappa shape index (κ1) is 32.4. The quantitative estimate of drug-likeness (QED) is 0.182. The van der Waals surface area contributed by atoms with E-state index in [4.69, 9.17) is 27.9 Å². The highest BCUT2D eigenvalue weighted by atomic mass is 16.7. The number of benzene rings is 2. The molecule has 0 saturated carbocycles. The molecule has 0 bridgehead atoms. The summed E-state index contributed by atoms with van der Waals surface area (Å²) in [6.45, 7) is 12.0. The zero-order valence-corrected chi connectivity index (χ0v) is 27.0. The molecule has 2 aromatic rings. The van der Waals surface area contributed by atoms with Crippen LogP contribution in [-0.2, 0) is 24.0 Å². The lowest BCUT2D eigenvalue weighted by Gasteiger charge is -2.39. The van der Waals surface area contributed by atoms with Crippen molar-refractivity contribution in [3.8, 4) is 22.6 Å². The Morgan fingerprint density at radius 2 is 1.07 bits per heavy atom. The highest BCUT2D eigenvalue weighted by Crippen LogP contribution is 2.57. The number of fused-ring (bicyclic) bond motifs is 3. The number of hydrogen-bond acceptors (Lipinski definition) is 6. The maximum absolute atomic E-state index is 6.29. The first-order chi connectivity index (χ1) is 21.1. The molecule has 2 aromatic carbocycles. The molecule has 2 saturated heterocycles. The molecular formula is C35H52B2O6. The Balaban J connectivity index is 1.59. The minimum Gasteiger partial charge on any atom is -0.512 e. The largest absolute Gasteiger partial charge is 0.713 e. The Kier molecular flexibility index (Phi) is 11.9. The van der Waals surface area contributed by atoms with Crippen LogP contribution in [0.15, 0.2) is 36.4 Å². The summed E-state index contributed by atoms with van der Waals surface area (Å²) in [5, 5.41) is 0. The van der Waals surface area contributed by atoms with Gasteiger partial charge >= 0.3 is 14.6 Å². The molecule has 5 rings (SSSR count). The van der Waals surface area contributed by atoms with Crippen molar-refractivity contribution < 1.29 is 27.9 Å². The van der Waals surface area contributed by atoms with Crippen molar-refractivity contribution in [2.45, 2.75) is 110 Å². The third-order valence-corrected chi connectivity index (χ3v) is 9.72. The van der Waals surface area contributed by atoms with Gasteiger partial charge in [0.1, 0.15) is 11.5 Å². The minimum atomic E-state index is -0.652. The van der Waals surface area contributed by atoms with Gasteiger partial charge in [-0.2, -0.15) is 0 Å². The molecule has 3 aliphatic rings. The van der Waals surface area contributed by atoms with E-state index in [0.717, 1.165) is 37.2 Å². The van der Waals surface area contributed by atoms with E-state index in [0.29, 0.717) is 38.3 Å². The van der Waals surface area contributed by atoms with Crippen molar-refractivity contribution in [1.29, 1.82) is 0 Å². The third-order valence-electron chi connectivity index (χ3n) is 9.72. The molecule has 8 heteroatoms. The summed E-state index contributed by atoms with van der Waals surface area (Å²) in [5.41, 5.74) is 5.22. The second-order valence-corrected chi connectivity index (χ2v) is 12.7. The van der Waals surface area contributed by atoms with Crippen molar-refractivity contribution in [3.63, 3.8) is 0 Å². The smallest absolute Gasteiger partial charge is 0.512 e. The van der Waals surface area contributed by atoms with Crippen LogP contribution in [0.5, 0.6) is 11.5 Å². The van der Waals surface area contributed by atoms with Gasteiger partial charge in [0, 0.05) is 31.8 Å². The van der Waals surface area contributed by atoms with Gasteiger partial charge in [0.05, 0.1) is 0 Å². The second-order valence-electron chi connectivity index (χ2n) is 12.7. The molecule has 0 amide bonds. The highest BCUT2D eigenvalue weighted by Gasteiger charge is 2.46. The molecule has 2 aliphatic heterocycles. The molecular weight excluding hydrogens is 538 g/mol. The fraction of sp³-hybridized carbons (Fsp3) is 0.657. The topological polar surface area (TPSA) is 55.4 Å². The monoisotopic (exact) mass is 590 g/mol. The van der Waals surface area contributed by atoms with Crippen molar-refractivity contribution in [2.75, 3.05) is 26.4 Å². The van der Waals surface area contributed by atoms with E-state index in [1.54, 1.807) is 0 Å². The zero-order chi connectivity index (χ0) is 30.1. The summed E-state index contributed by atoms with van der Waals surface area (Å²) < 4.78 is 35.7. The molecule has 6 nitrogen and oxygen atoms in total. The normalized spacial score (nSPS) is 19.1. The summed E-state index contributed by atoms with van der Waals surface area (Å²) in [5.74, 6) is 2.89. The molecule has 0 N–H and O–H groups in total. The number of rotatable bonds is 16. The average Bonchev–Trinajstić information content (AvgIpc) is 3.30. The van der Waals surface area contributed by atoms with Gasteiger partial charge < -0.3 is 27.9 Å². The lowest BCUT2D eigenvalue weighted by atomic mass is 9.65. The molecule has 1 aliphatic carbocycles. The Morgan fingerprint density at radius 3 is 1.44 bits per heavy atom. The first-order valence-corrected chi connectivity index (χ1v) is 17.2. The molecule has 0 unspecified atom stereocenters. The van der Waals surface area contributed by atoms with Crippen LogP contribution in [-0.4, -0.2) is 41.1 Å². The maximum atomic E-state index is 6.29. The van der Waals surface area contributed by atoms with Gasteiger partial charge in [-0.15, -0.1) is 0 Å². The molecule has 2 fully saturated rings. The third kappa shape index (κ3) is 7.81. The number of hydrogen-bond donors (Lipinski definition) is 0. The van der Waals surface area contributed by atoms with Crippen LogP contribution < -0.4 is 9.31 Å². The predicted molar refractivity (Wildman–Crippen MR) is 174 cm³/mol. The van der Waals surface area contributed by atoms with Gasteiger partial charge in [-0.25, -0.2) is 0 Å². The standard InChI is InChI=1S/C35H52B2O6/c1-5-9-13-27(7-3)25-35(26-28(8-4)14-10-6-2)33-23-29(42-36-38-19-11-20-39-36)15-17-31(33)32-18-16-30(24-34(32)35)43-37-40-21-12-22-41-37/h15-18,23-24,27-28H,5-14,19-22,25-26H2,1-4H3/t27-,28+. The van der Waals surface area contributed by atoms with Crippen LogP contribution in [0.1, 0.15) is 116 Å². The van der Waals surface area contributed by atoms with E-state index in [9.17, 15) is 0 Å². The fourth-order valence-corrected chi connectivity index (χ4v) is 7.29. The van der Waals surface area contributed by atoms with Gasteiger partial charge in [0.15, 0.2) is 0 Å². The van der Waals surface area contributed by atoms with E-state index < -0.39 is 14.6 Å². The van der Waals surface area contributed by atoms with Crippen LogP contribution in [0, 0.1) is 11.8 Å². The molecule has 0 radical (unpaired) electrons. The van der Waals surface area contributed by atoms with Crippen molar-refractivity contribution in [3.05, 3.63) is 47.5 Å². The van der Waals surface area contributed by atoms with E-state index in [1.165, 1.54) is 73.6 Å². The minimum absolute atomic E-state index is 0.144. The summed E-state index contributed by atoms with van der Waals surface area (Å²) in [7, 11) is -1.30. The highest BCUT2D eigenvalue weighted by molar-refractivity contribution is 6.38. The van der Waals surface area contributed by atoms with Gasteiger partial charge in [-0.05, 0) is 84.0 Å². The van der Waals surface area contributed by atoms with E-state index >= 15 is 0 Å². The Labute approximate surface area is 260 Å². The zero-order valence-electron chi connectivity index (χ0n) is 27.0. The molecule has 0 spiro atoms. The molecule has 2 atom stereocenters. The van der Waals surface area contributed by atoms with E-state index in [-0.39, 0.29) is 5.41 Å². The maximum Gasteiger partial charge on any atom is 0.713 e. The van der Waals surface area contributed by atoms with Crippen molar-refractivity contribution in [1.82, 2.24) is 0 Å². The molecule has 43 heavy (non-hydrogen) atoms. The number of unbranched alkanes of at least 4 members (excludes halogenated alkanes) is 2. The van der Waals surface area contributed by atoms with E-state index in [1.807, 2.05) is 0 Å². The summed E-state index contributed by atoms with van der Waals surface area (Å²) >= 11 is 0. The Morgan fingerprint density at radius 1 is 0.651 bits per heavy atom. The van der Waals surface area contributed by atoms with Crippen molar-refractivity contribution in [2.24, 2.45) is 11.8 Å². The lowest BCUT2D eigenvalue weighted by molar-refractivity contribution is 0.0879. The second kappa shape index (κ2) is 15.8. The summed E-state index contributed by atoms with van der Waals surface area (Å²) in [4.78, 5) is 0. The van der Waals surface area contributed by atoms with Crippen LogP contribution in [0.4, 0.5) is 0 Å². The molecule has 0 aromatic heterocycles. The van der Waals surface area contributed by atoms with Crippen LogP contribution in [0.3, 0.4) is 0 Å². The molecule has 2 heterocycles. The predicted octanol–water partition coefficient (Wildman–Crippen LogP) is 8.77. The summed E-state index contributed by atoms with van der Waals surface area (Å²) in [6.07, 6.45) is 13.9. The fourth-order valence-electron chi connectivity index (χ4n) is 7.29. The molecule has 234 valence electrons. The van der Waals surface area contributed by atoms with Gasteiger partial charge in [0.2, 0.25) is 0 Å². The first-order valence-electron chi connectivity index (χ1n) is 17.2. The Bertz CT molecular complexity index is 1060.